The third kappa shape index (κ3) is 3.09. The van der Waals surface area contributed by atoms with E-state index in [-0.39, 0.29) is 5.92 Å². The van der Waals surface area contributed by atoms with Gasteiger partial charge in [0.1, 0.15) is 0 Å². The van der Waals surface area contributed by atoms with Crippen LogP contribution in [0.1, 0.15) is 31.2 Å². The summed E-state index contributed by atoms with van der Waals surface area (Å²) in [6.45, 7) is 3.07. The first kappa shape index (κ1) is 16.3. The highest BCUT2D eigenvalue weighted by molar-refractivity contribution is 5.71. The molecule has 2 aliphatic rings. The van der Waals surface area contributed by atoms with Gasteiger partial charge < -0.3 is 5.11 Å². The summed E-state index contributed by atoms with van der Waals surface area (Å²) in [5, 5.41) is 13.4. The average molecular weight is 339 g/mol. The van der Waals surface area contributed by atoms with E-state index in [1.54, 1.807) is 0 Å². The highest BCUT2D eigenvalue weighted by Gasteiger charge is 2.48. The van der Waals surface area contributed by atoms with Crippen molar-refractivity contribution in [3.63, 3.8) is 0 Å². The number of aliphatic carboxylic acids is 1. The number of hydrogen-bond acceptors (Lipinski definition) is 3. The van der Waals surface area contributed by atoms with Crippen molar-refractivity contribution >= 4 is 5.97 Å². The summed E-state index contributed by atoms with van der Waals surface area (Å²) in [5.74, 6) is -0.713. The Labute approximate surface area is 148 Å². The van der Waals surface area contributed by atoms with Crippen LogP contribution in [-0.2, 0) is 18.4 Å². The van der Waals surface area contributed by atoms with E-state index in [4.69, 9.17) is 5.11 Å². The van der Waals surface area contributed by atoms with E-state index in [0.29, 0.717) is 5.41 Å². The summed E-state index contributed by atoms with van der Waals surface area (Å²) in [6.07, 6.45) is 5.85. The van der Waals surface area contributed by atoms with E-state index in [1.165, 1.54) is 11.1 Å². The normalized spacial score (nSPS) is 20.5. The lowest BCUT2D eigenvalue weighted by Gasteiger charge is -2.51. The number of nitrogens with zero attached hydrogens (tertiary/aromatic N) is 3. The molecule has 0 amide bonds. The minimum atomic E-state index is -0.613. The summed E-state index contributed by atoms with van der Waals surface area (Å²) in [5.41, 5.74) is 4.03. The van der Waals surface area contributed by atoms with Gasteiger partial charge in [0.2, 0.25) is 0 Å². The fraction of sp³-hybridized carbons (Fsp3) is 0.500. The number of aryl methyl sites for hydroxylation is 1. The Bertz CT molecular complexity index is 767. The molecule has 5 heteroatoms. The van der Waals surface area contributed by atoms with Crippen LogP contribution in [0.5, 0.6) is 0 Å². The first-order valence-corrected chi connectivity index (χ1v) is 9.08. The summed E-state index contributed by atoms with van der Waals surface area (Å²) in [4.78, 5) is 13.6. The zero-order chi connectivity index (χ0) is 17.4. The third-order valence-electron chi connectivity index (χ3n) is 6.13. The number of carboxylic acid groups (broad SMARTS) is 1. The smallest absolute Gasteiger partial charge is 0.306 e. The van der Waals surface area contributed by atoms with E-state index < -0.39 is 5.97 Å². The fourth-order valence-corrected chi connectivity index (χ4v) is 4.54. The summed E-state index contributed by atoms with van der Waals surface area (Å²) < 4.78 is 1.92. The number of benzene rings is 1. The maximum Gasteiger partial charge on any atom is 0.306 e. The van der Waals surface area contributed by atoms with Crippen molar-refractivity contribution in [3.8, 4) is 11.3 Å². The van der Waals surface area contributed by atoms with Gasteiger partial charge in [0, 0.05) is 25.4 Å². The van der Waals surface area contributed by atoms with Crippen molar-refractivity contribution in [2.75, 3.05) is 13.1 Å². The lowest BCUT2D eigenvalue weighted by atomic mass is 9.57. The molecule has 1 saturated heterocycles. The van der Waals surface area contributed by atoms with Gasteiger partial charge in [-0.15, -0.1) is 0 Å². The number of carbonyl (C=O) groups is 1. The van der Waals surface area contributed by atoms with Crippen LogP contribution in [0.15, 0.2) is 36.5 Å². The Morgan fingerprint density at radius 3 is 2.60 bits per heavy atom. The van der Waals surface area contributed by atoms with Gasteiger partial charge in [0.05, 0.1) is 11.6 Å². The zero-order valence-electron chi connectivity index (χ0n) is 14.7. The topological polar surface area (TPSA) is 58.4 Å². The molecule has 1 aromatic carbocycles. The van der Waals surface area contributed by atoms with E-state index in [0.717, 1.165) is 51.0 Å². The maximum atomic E-state index is 11.1. The Kier molecular flexibility index (Phi) is 4.12. The van der Waals surface area contributed by atoms with Crippen LogP contribution in [0, 0.1) is 11.3 Å². The van der Waals surface area contributed by atoms with Gasteiger partial charge in [0.15, 0.2) is 0 Å². The molecule has 0 radical (unpaired) electrons. The molecule has 0 atom stereocenters. The van der Waals surface area contributed by atoms with Gasteiger partial charge in [-0.05, 0) is 55.8 Å². The second-order valence-electron chi connectivity index (χ2n) is 7.72. The number of aromatic nitrogens is 2. The first-order chi connectivity index (χ1) is 12.1. The van der Waals surface area contributed by atoms with Crippen molar-refractivity contribution < 1.29 is 9.90 Å². The second-order valence-corrected chi connectivity index (χ2v) is 7.72. The summed E-state index contributed by atoms with van der Waals surface area (Å²) in [6, 6.07) is 10.6. The van der Waals surface area contributed by atoms with Crippen molar-refractivity contribution in [3.05, 3.63) is 42.1 Å². The minimum Gasteiger partial charge on any atom is -0.481 e. The number of hydrogen-bond donors (Lipinski definition) is 1. The van der Waals surface area contributed by atoms with Gasteiger partial charge >= 0.3 is 5.97 Å². The molecule has 1 spiro atoms. The lowest BCUT2D eigenvalue weighted by molar-refractivity contribution is -0.152. The molecule has 1 N–H and O–H groups in total. The molecule has 1 aromatic heterocycles. The van der Waals surface area contributed by atoms with Crippen molar-refractivity contribution in [1.29, 1.82) is 0 Å². The van der Waals surface area contributed by atoms with Gasteiger partial charge in [0.25, 0.3) is 0 Å². The maximum absolute atomic E-state index is 11.1. The van der Waals surface area contributed by atoms with Crippen LogP contribution in [0.25, 0.3) is 11.3 Å². The molecule has 2 heterocycles. The van der Waals surface area contributed by atoms with Gasteiger partial charge in [-0.1, -0.05) is 24.3 Å². The molecule has 5 nitrogen and oxygen atoms in total. The highest BCUT2D eigenvalue weighted by atomic mass is 16.4. The molecule has 0 bridgehead atoms. The molecule has 1 aliphatic carbocycles. The van der Waals surface area contributed by atoms with Crippen LogP contribution in [0.4, 0.5) is 0 Å². The Hall–Kier alpha value is -2.14. The van der Waals surface area contributed by atoms with Gasteiger partial charge in [-0.25, -0.2) is 0 Å². The predicted octanol–water partition coefficient (Wildman–Crippen LogP) is 3.16. The monoisotopic (exact) mass is 339 g/mol. The van der Waals surface area contributed by atoms with Crippen LogP contribution in [0.2, 0.25) is 0 Å². The molecule has 4 rings (SSSR count). The first-order valence-electron chi connectivity index (χ1n) is 9.08. The average Bonchev–Trinajstić information content (AvgIpc) is 3.00. The van der Waals surface area contributed by atoms with Crippen LogP contribution in [-0.4, -0.2) is 38.8 Å². The third-order valence-corrected chi connectivity index (χ3v) is 6.13. The molecule has 0 unspecified atom stereocenters. The lowest BCUT2D eigenvalue weighted by Crippen LogP contribution is -2.48. The zero-order valence-corrected chi connectivity index (χ0v) is 14.7. The van der Waals surface area contributed by atoms with Gasteiger partial charge in [-0.2, -0.15) is 5.10 Å². The number of piperidine rings is 1. The number of rotatable bonds is 4. The largest absolute Gasteiger partial charge is 0.481 e. The summed E-state index contributed by atoms with van der Waals surface area (Å²) in [7, 11) is 1.98. The van der Waals surface area contributed by atoms with Crippen molar-refractivity contribution in [2.45, 2.75) is 32.2 Å². The van der Waals surface area contributed by atoms with E-state index >= 15 is 0 Å². The van der Waals surface area contributed by atoms with Crippen LogP contribution in [0.3, 0.4) is 0 Å². The van der Waals surface area contributed by atoms with E-state index in [9.17, 15) is 4.79 Å². The molecular weight excluding hydrogens is 314 g/mol. The fourth-order valence-electron chi connectivity index (χ4n) is 4.54. The predicted molar refractivity (Wildman–Crippen MR) is 95.9 cm³/mol. The quantitative estimate of drug-likeness (QED) is 0.929. The number of carboxylic acids is 1. The van der Waals surface area contributed by atoms with Crippen molar-refractivity contribution in [1.82, 2.24) is 14.7 Å². The molecule has 25 heavy (non-hydrogen) atoms. The Balaban J connectivity index is 1.42. The molecule has 1 aliphatic heterocycles. The molecule has 1 saturated carbocycles. The SMILES string of the molecule is Cn1nccc1-c1ccccc1CN1CCC2(CC1)CC(C(=O)O)C2. The molecule has 2 fully saturated rings. The van der Waals surface area contributed by atoms with Crippen molar-refractivity contribution in [2.24, 2.45) is 18.4 Å². The van der Waals surface area contributed by atoms with E-state index in [1.807, 2.05) is 17.9 Å². The Morgan fingerprint density at radius 2 is 1.96 bits per heavy atom. The van der Waals surface area contributed by atoms with Crippen LogP contribution >= 0.6 is 0 Å². The molecular formula is C20H25N3O2. The number of likely N-dealkylation sites (tertiary alicyclic amines) is 1. The van der Waals surface area contributed by atoms with E-state index in [2.05, 4.69) is 40.3 Å². The standard InChI is InChI=1S/C20H25N3O2/c1-22-18(6-9-21-22)17-5-3-2-4-15(17)14-23-10-7-20(8-11-23)12-16(13-20)19(24)25/h2-6,9,16H,7-8,10-14H2,1H3,(H,24,25). The second kappa shape index (κ2) is 6.30. The van der Waals surface area contributed by atoms with Gasteiger partial charge in [-0.3, -0.25) is 14.4 Å². The minimum absolute atomic E-state index is 0.0999. The summed E-state index contributed by atoms with van der Waals surface area (Å²) >= 11 is 0. The Morgan fingerprint density at radius 1 is 1.24 bits per heavy atom. The highest BCUT2D eigenvalue weighted by Crippen LogP contribution is 2.52. The molecule has 2 aromatic rings. The molecule has 132 valence electrons. The van der Waals surface area contributed by atoms with Crippen LogP contribution < -0.4 is 0 Å².